The quantitative estimate of drug-likeness (QED) is 0.0992. The maximum atomic E-state index is 13.8. The fourth-order valence-corrected chi connectivity index (χ4v) is 2.86. The minimum atomic E-state index is -2.22. The van der Waals surface area contributed by atoms with Crippen LogP contribution in [-0.2, 0) is 0 Å². The summed E-state index contributed by atoms with van der Waals surface area (Å²) in [7, 11) is 0. The van der Waals surface area contributed by atoms with Gasteiger partial charge in [-0.2, -0.15) is 5.10 Å². The molecule has 0 aliphatic rings. The van der Waals surface area contributed by atoms with E-state index in [1.54, 1.807) is 30.4 Å². The molecule has 0 aliphatic heterocycles. The van der Waals surface area contributed by atoms with Gasteiger partial charge in [0.05, 0.1) is 15.8 Å². The van der Waals surface area contributed by atoms with Gasteiger partial charge in [-0.15, -0.1) is 0 Å². The summed E-state index contributed by atoms with van der Waals surface area (Å²) < 4.78 is 67.6. The van der Waals surface area contributed by atoms with Crippen LogP contribution >= 0.6 is 23.2 Å². The zero-order chi connectivity index (χ0) is 22.3. The summed E-state index contributed by atoms with van der Waals surface area (Å²) in [6.45, 7) is 2.05. The lowest BCUT2D eigenvalue weighted by atomic mass is 10.1. The van der Waals surface area contributed by atoms with Crippen molar-refractivity contribution in [1.82, 2.24) is 0 Å². The Bertz CT molecular complexity index is 932. The monoisotopic (exact) mass is 464 g/mol. The van der Waals surface area contributed by atoms with Gasteiger partial charge in [-0.05, 0) is 36.6 Å². The molecule has 0 saturated heterocycles. The fourth-order valence-electron chi connectivity index (χ4n) is 2.55. The standard InChI is InChI=1S/C21H19Cl2F5N2/c1-2-3-4-5-6-13(9-7-12-8-10-14(22)15(23)11-12)29-30-21-19(27)17(25)16(24)18(26)20(21)28/h7-11,30H,2-6H2,1H3/b9-7+,29-13+. The zero-order valence-corrected chi connectivity index (χ0v) is 17.5. The minimum Gasteiger partial charge on any atom is -0.272 e. The summed E-state index contributed by atoms with van der Waals surface area (Å²) in [6.07, 6.45) is 7.30. The normalized spacial score (nSPS) is 12.1. The van der Waals surface area contributed by atoms with E-state index in [2.05, 4.69) is 5.10 Å². The van der Waals surface area contributed by atoms with Crippen molar-refractivity contribution in [2.75, 3.05) is 5.43 Å². The SMILES string of the molecule is CCCCCCC(/C=C/c1ccc(Cl)c(Cl)c1)=N\Nc1c(F)c(F)c(F)c(F)c1F. The highest BCUT2D eigenvalue weighted by molar-refractivity contribution is 6.42. The van der Waals surface area contributed by atoms with E-state index in [0.717, 1.165) is 25.7 Å². The van der Waals surface area contributed by atoms with Gasteiger partial charge in [-0.1, -0.05) is 61.5 Å². The first-order valence-electron chi connectivity index (χ1n) is 9.23. The number of hydrazone groups is 1. The lowest BCUT2D eigenvalue weighted by Crippen LogP contribution is -2.08. The second-order valence-electron chi connectivity index (χ2n) is 6.48. The number of halogens is 7. The number of hydrogen-bond acceptors (Lipinski definition) is 2. The van der Waals surface area contributed by atoms with Gasteiger partial charge in [-0.25, -0.2) is 22.0 Å². The Labute approximate surface area is 181 Å². The van der Waals surface area contributed by atoms with Gasteiger partial charge >= 0.3 is 0 Å². The summed E-state index contributed by atoms with van der Waals surface area (Å²) >= 11 is 11.8. The van der Waals surface area contributed by atoms with E-state index in [1.165, 1.54) is 0 Å². The van der Waals surface area contributed by atoms with Gasteiger partial charge < -0.3 is 0 Å². The third kappa shape index (κ3) is 6.19. The van der Waals surface area contributed by atoms with Crippen LogP contribution in [-0.4, -0.2) is 5.71 Å². The Morgan fingerprint density at radius 3 is 2.13 bits per heavy atom. The first-order valence-corrected chi connectivity index (χ1v) is 9.99. The number of nitrogens with one attached hydrogen (secondary N) is 1. The Kier molecular flexibility index (Phi) is 9.11. The molecule has 0 heterocycles. The zero-order valence-electron chi connectivity index (χ0n) is 16.0. The third-order valence-corrected chi connectivity index (χ3v) is 4.96. The molecular weight excluding hydrogens is 446 g/mol. The van der Waals surface area contributed by atoms with Gasteiger partial charge in [0.2, 0.25) is 5.82 Å². The molecule has 0 aliphatic carbocycles. The molecular formula is C21H19Cl2F5N2. The van der Waals surface area contributed by atoms with Crippen LogP contribution in [0.1, 0.15) is 44.6 Å². The van der Waals surface area contributed by atoms with Crippen LogP contribution in [0.2, 0.25) is 10.0 Å². The highest BCUT2D eigenvalue weighted by atomic mass is 35.5. The highest BCUT2D eigenvalue weighted by Gasteiger charge is 2.25. The van der Waals surface area contributed by atoms with Crippen LogP contribution in [0.5, 0.6) is 0 Å². The van der Waals surface area contributed by atoms with Gasteiger partial charge in [0.1, 0.15) is 5.69 Å². The van der Waals surface area contributed by atoms with Crippen LogP contribution in [0.3, 0.4) is 0 Å². The maximum Gasteiger partial charge on any atom is 0.200 e. The number of hydrogen-bond donors (Lipinski definition) is 1. The van der Waals surface area contributed by atoms with Crippen LogP contribution < -0.4 is 5.43 Å². The Hall–Kier alpha value is -2.12. The van der Waals surface area contributed by atoms with E-state index in [1.807, 2.05) is 12.3 Å². The number of nitrogens with zero attached hydrogens (tertiary/aromatic N) is 1. The van der Waals surface area contributed by atoms with E-state index < -0.39 is 34.8 Å². The molecule has 0 radical (unpaired) electrons. The van der Waals surface area contributed by atoms with Gasteiger partial charge in [0.15, 0.2) is 23.3 Å². The summed E-state index contributed by atoms with van der Waals surface area (Å²) in [4.78, 5) is 0. The topological polar surface area (TPSA) is 24.4 Å². The van der Waals surface area contributed by atoms with E-state index in [4.69, 9.17) is 23.2 Å². The maximum absolute atomic E-state index is 13.8. The number of anilines is 1. The molecule has 0 amide bonds. The van der Waals surface area contributed by atoms with Crippen molar-refractivity contribution in [2.45, 2.75) is 39.0 Å². The van der Waals surface area contributed by atoms with Crippen molar-refractivity contribution in [2.24, 2.45) is 5.10 Å². The molecule has 0 unspecified atom stereocenters. The van der Waals surface area contributed by atoms with Gasteiger partial charge in [-0.3, -0.25) is 5.43 Å². The van der Waals surface area contributed by atoms with Crippen molar-refractivity contribution in [3.8, 4) is 0 Å². The molecule has 1 N–H and O–H groups in total. The van der Waals surface area contributed by atoms with E-state index in [-0.39, 0.29) is 0 Å². The van der Waals surface area contributed by atoms with Crippen molar-refractivity contribution >= 4 is 40.7 Å². The number of benzene rings is 2. The smallest absolute Gasteiger partial charge is 0.200 e. The molecule has 0 fully saturated rings. The van der Waals surface area contributed by atoms with Crippen LogP contribution in [0.15, 0.2) is 29.4 Å². The average Bonchev–Trinajstić information content (AvgIpc) is 2.73. The average molecular weight is 465 g/mol. The number of unbranched alkanes of at least 4 members (excludes halogenated alkanes) is 3. The minimum absolute atomic E-state index is 0.347. The van der Waals surface area contributed by atoms with E-state index in [9.17, 15) is 22.0 Å². The number of allylic oxidation sites excluding steroid dienone is 1. The molecule has 0 aromatic heterocycles. The molecule has 30 heavy (non-hydrogen) atoms. The largest absolute Gasteiger partial charge is 0.272 e. The summed E-state index contributed by atoms with van der Waals surface area (Å²) in [5.74, 6) is -10.3. The van der Waals surface area contributed by atoms with Gasteiger partial charge in [0.25, 0.3) is 0 Å². The molecule has 2 aromatic rings. The lowest BCUT2D eigenvalue weighted by Gasteiger charge is -2.09. The Morgan fingerprint density at radius 1 is 0.900 bits per heavy atom. The molecule has 0 saturated carbocycles. The second-order valence-corrected chi connectivity index (χ2v) is 7.29. The molecule has 162 valence electrons. The predicted octanol–water partition coefficient (Wildman–Crippen LogP) is 8.14. The second kappa shape index (κ2) is 11.3. The molecule has 2 nitrogen and oxygen atoms in total. The lowest BCUT2D eigenvalue weighted by molar-refractivity contribution is 0.381. The summed E-state index contributed by atoms with van der Waals surface area (Å²) in [5.41, 5.74) is 1.83. The first kappa shape index (κ1) is 24.2. The Morgan fingerprint density at radius 2 is 1.53 bits per heavy atom. The molecule has 0 atom stereocenters. The fraction of sp³-hybridized carbons (Fsp3) is 0.286. The Balaban J connectivity index is 2.29. The van der Waals surface area contributed by atoms with E-state index in [0.29, 0.717) is 27.7 Å². The van der Waals surface area contributed by atoms with Gasteiger partial charge in [0, 0.05) is 0 Å². The molecule has 0 bridgehead atoms. The van der Waals surface area contributed by atoms with Crippen LogP contribution in [0.25, 0.3) is 6.08 Å². The van der Waals surface area contributed by atoms with Crippen LogP contribution in [0.4, 0.5) is 27.6 Å². The summed E-state index contributed by atoms with van der Waals surface area (Å²) in [5, 5.41) is 4.60. The third-order valence-electron chi connectivity index (χ3n) is 4.22. The van der Waals surface area contributed by atoms with E-state index >= 15 is 0 Å². The van der Waals surface area contributed by atoms with Crippen molar-refractivity contribution in [3.63, 3.8) is 0 Å². The highest BCUT2D eigenvalue weighted by Crippen LogP contribution is 2.27. The predicted molar refractivity (Wildman–Crippen MR) is 112 cm³/mol. The molecule has 2 aromatic carbocycles. The number of rotatable bonds is 9. The van der Waals surface area contributed by atoms with Crippen molar-refractivity contribution in [1.29, 1.82) is 0 Å². The molecule has 0 spiro atoms. The first-order chi connectivity index (χ1) is 14.3. The van der Waals surface area contributed by atoms with Crippen molar-refractivity contribution < 1.29 is 22.0 Å². The molecule has 9 heteroatoms. The summed E-state index contributed by atoms with van der Waals surface area (Å²) in [6, 6.07) is 4.93. The molecule has 2 rings (SSSR count). The van der Waals surface area contributed by atoms with Crippen molar-refractivity contribution in [3.05, 3.63) is 69.0 Å². The van der Waals surface area contributed by atoms with Crippen LogP contribution in [0, 0.1) is 29.1 Å².